The van der Waals surface area contributed by atoms with E-state index in [4.69, 9.17) is 25.2 Å². The summed E-state index contributed by atoms with van der Waals surface area (Å²) < 4.78 is 12.5. The SMILES string of the molecule is [B]C(=O)N1[C@@H](CC)[C@@H](CC2CCC(C)CC2C(=O)NC(C)(C)C)OC1(C)C.[B]C(=O)N1[C@@H](CC)[C@@H](CC2CCC(O)CC2C(=O)NC(C)(C)C)OC1(C)C. The van der Waals surface area contributed by atoms with E-state index in [1.807, 2.05) is 76.2 Å². The molecule has 2 heterocycles. The van der Waals surface area contributed by atoms with Gasteiger partial charge in [-0.25, -0.2) is 0 Å². The highest BCUT2D eigenvalue weighted by molar-refractivity contribution is 6.57. The lowest BCUT2D eigenvalue weighted by Crippen LogP contribution is -2.49. The molecule has 6 unspecified atom stereocenters. The minimum atomic E-state index is -0.755. The number of hydrogen-bond acceptors (Lipinski definition) is 7. The van der Waals surface area contributed by atoms with Crippen molar-refractivity contribution < 1.29 is 33.8 Å². The van der Waals surface area contributed by atoms with E-state index in [9.17, 15) is 24.3 Å². The molecule has 2 aliphatic heterocycles. The van der Waals surface area contributed by atoms with Crippen LogP contribution in [-0.4, -0.2) is 107 Å². The van der Waals surface area contributed by atoms with Crippen molar-refractivity contribution in [3.05, 3.63) is 0 Å². The third kappa shape index (κ3) is 12.0. The van der Waals surface area contributed by atoms with Gasteiger partial charge in [0.05, 0.1) is 30.4 Å². The Morgan fingerprint density at radius 1 is 0.685 bits per heavy atom. The third-order valence-electron chi connectivity index (χ3n) is 11.8. The maximum Gasteiger partial charge on any atom is 0.223 e. The lowest BCUT2D eigenvalue weighted by atomic mass is 9.71. The maximum absolute atomic E-state index is 13.0. The molecule has 4 radical (unpaired) electrons. The Morgan fingerprint density at radius 2 is 1.06 bits per heavy atom. The van der Waals surface area contributed by atoms with Gasteiger partial charge in [0.2, 0.25) is 27.5 Å². The van der Waals surface area contributed by atoms with Crippen molar-refractivity contribution in [2.75, 3.05) is 0 Å². The van der Waals surface area contributed by atoms with Crippen LogP contribution in [0, 0.1) is 29.6 Å². The summed E-state index contributed by atoms with van der Waals surface area (Å²) in [5.74, 6) is -0.0881. The van der Waals surface area contributed by atoms with Gasteiger partial charge in [-0.15, -0.1) is 0 Å². The number of aliphatic hydroxyl groups is 1. The molecule has 4 fully saturated rings. The average molecular weight is 755 g/mol. The first kappa shape index (κ1) is 46.3. The van der Waals surface area contributed by atoms with E-state index in [1.54, 1.807) is 9.80 Å². The van der Waals surface area contributed by atoms with Crippen molar-refractivity contribution in [1.82, 2.24) is 20.4 Å². The van der Waals surface area contributed by atoms with Gasteiger partial charge in [0.1, 0.15) is 11.4 Å². The van der Waals surface area contributed by atoms with Crippen LogP contribution in [0.15, 0.2) is 0 Å². The highest BCUT2D eigenvalue weighted by atomic mass is 16.5. The molecule has 0 spiro atoms. The molecule has 54 heavy (non-hydrogen) atoms. The van der Waals surface area contributed by atoms with Crippen LogP contribution >= 0.6 is 0 Å². The maximum atomic E-state index is 13.0. The Balaban J connectivity index is 0.000000290. The topological polar surface area (TPSA) is 138 Å². The number of nitrogens with zero attached hydrogens (tertiary/aromatic N) is 2. The fourth-order valence-corrected chi connectivity index (χ4v) is 9.68. The minimum absolute atomic E-state index is 0.000165. The molecule has 10 atom stereocenters. The van der Waals surface area contributed by atoms with Crippen LogP contribution in [0.3, 0.4) is 0 Å². The van der Waals surface area contributed by atoms with Crippen LogP contribution in [0.4, 0.5) is 9.59 Å². The fourth-order valence-electron chi connectivity index (χ4n) is 9.68. The number of ether oxygens (including phenoxy) is 2. The smallest absolute Gasteiger partial charge is 0.223 e. The van der Waals surface area contributed by atoms with Crippen LogP contribution in [0.5, 0.6) is 0 Å². The van der Waals surface area contributed by atoms with Crippen molar-refractivity contribution in [1.29, 1.82) is 0 Å². The zero-order valence-corrected chi connectivity index (χ0v) is 35.8. The molecule has 2 saturated carbocycles. The second kappa shape index (κ2) is 18.0. The summed E-state index contributed by atoms with van der Waals surface area (Å²) in [5, 5.41) is 16.3. The molecule has 304 valence electrons. The summed E-state index contributed by atoms with van der Waals surface area (Å²) in [6, 6.07) is -0.140. The summed E-state index contributed by atoms with van der Waals surface area (Å²) >= 11 is 0. The molecular formula is C41H72B2N4O7. The fraction of sp³-hybridized carbons (Fsp3) is 0.902. The van der Waals surface area contributed by atoms with Crippen LogP contribution in [0.1, 0.15) is 154 Å². The van der Waals surface area contributed by atoms with Gasteiger partial charge in [-0.1, -0.05) is 27.2 Å². The van der Waals surface area contributed by atoms with Gasteiger partial charge in [-0.3, -0.25) is 19.2 Å². The van der Waals surface area contributed by atoms with Gasteiger partial charge in [-0.05, 0) is 145 Å². The molecule has 2 aliphatic carbocycles. The van der Waals surface area contributed by atoms with Gasteiger partial charge >= 0.3 is 0 Å². The number of aliphatic hydroxyl groups excluding tert-OH is 1. The molecule has 4 amide bonds. The second-order valence-corrected chi connectivity index (χ2v) is 19.6. The van der Waals surface area contributed by atoms with Crippen molar-refractivity contribution in [2.45, 2.75) is 207 Å². The van der Waals surface area contributed by atoms with E-state index < -0.39 is 29.2 Å². The Hall–Kier alpha value is -2.11. The molecule has 3 N–H and O–H groups in total. The number of carbonyl (C=O) groups is 4. The van der Waals surface area contributed by atoms with Crippen molar-refractivity contribution >= 4 is 39.1 Å². The Morgan fingerprint density at radius 3 is 1.41 bits per heavy atom. The number of amides is 4. The first-order valence-electron chi connectivity index (χ1n) is 20.6. The van der Waals surface area contributed by atoms with E-state index in [0.29, 0.717) is 25.2 Å². The second-order valence-electron chi connectivity index (χ2n) is 19.6. The Bertz CT molecular complexity index is 1220. The molecule has 0 aromatic carbocycles. The highest BCUT2D eigenvalue weighted by Crippen LogP contribution is 2.43. The first-order chi connectivity index (χ1) is 24.7. The summed E-state index contributed by atoms with van der Waals surface area (Å²) in [7, 11) is 11.2. The summed E-state index contributed by atoms with van der Waals surface area (Å²) in [5.41, 5.74) is -2.01. The standard InChI is InChI=1S/C21H37BN2O3.C20H35BN2O4/c1-8-16-17(27-21(6,7)24(16)19(22)26)12-14-10-9-13(2)11-15(14)18(25)23-20(3,4)5;1-7-15-16(27-20(5,6)23(15)18(21)26)10-12-8-9-13(24)11-14(12)17(25)22-19(2,3)4/h13-17H,8-12H2,1-7H3,(H,23,25);12-16,24H,7-11H2,1-6H3,(H,22,25)/t13?,14?,15?,16-,17+;12?,13?,14?,15-,16+/m00/s1. The number of rotatable bonds is 8. The molecular weight excluding hydrogens is 682 g/mol. The van der Waals surface area contributed by atoms with Crippen molar-refractivity contribution in [2.24, 2.45) is 29.6 Å². The van der Waals surface area contributed by atoms with E-state index >= 15 is 0 Å². The molecule has 11 nitrogen and oxygen atoms in total. The van der Waals surface area contributed by atoms with Gasteiger partial charge in [0.15, 0.2) is 11.6 Å². The monoisotopic (exact) mass is 755 g/mol. The van der Waals surface area contributed by atoms with Gasteiger partial charge in [-0.2, -0.15) is 0 Å². The largest absolute Gasteiger partial charge is 0.393 e. The van der Waals surface area contributed by atoms with Gasteiger partial charge in [0, 0.05) is 22.9 Å². The zero-order valence-electron chi connectivity index (χ0n) is 35.8. The molecule has 0 aromatic heterocycles. The number of hydrogen-bond donors (Lipinski definition) is 3. The molecule has 4 aliphatic rings. The molecule has 4 rings (SSSR count). The Kier molecular flexibility index (Phi) is 15.4. The van der Waals surface area contributed by atoms with E-state index in [-0.39, 0.29) is 70.9 Å². The molecule has 0 bridgehead atoms. The van der Waals surface area contributed by atoms with E-state index in [1.165, 1.54) is 0 Å². The van der Waals surface area contributed by atoms with Crippen LogP contribution in [0.2, 0.25) is 0 Å². The first-order valence-corrected chi connectivity index (χ1v) is 20.6. The molecule has 13 heteroatoms. The summed E-state index contributed by atoms with van der Waals surface area (Å²) in [6.45, 7) is 25.7. The lowest BCUT2D eigenvalue weighted by molar-refractivity contribution is -0.132. The quantitative estimate of drug-likeness (QED) is 0.244. The summed E-state index contributed by atoms with van der Waals surface area (Å²) in [6.07, 6.45) is 7.33. The molecule has 2 saturated heterocycles. The summed E-state index contributed by atoms with van der Waals surface area (Å²) in [4.78, 5) is 53.1. The third-order valence-corrected chi connectivity index (χ3v) is 11.8. The van der Waals surface area contributed by atoms with Crippen molar-refractivity contribution in [3.8, 4) is 0 Å². The Labute approximate surface area is 329 Å². The van der Waals surface area contributed by atoms with Crippen molar-refractivity contribution in [3.63, 3.8) is 0 Å². The van der Waals surface area contributed by atoms with E-state index in [0.717, 1.165) is 44.9 Å². The van der Waals surface area contributed by atoms with Crippen LogP contribution < -0.4 is 10.6 Å². The average Bonchev–Trinajstić information content (AvgIpc) is 3.43. The van der Waals surface area contributed by atoms with Crippen LogP contribution in [-0.2, 0) is 19.1 Å². The van der Waals surface area contributed by atoms with Gasteiger partial charge in [0.25, 0.3) is 0 Å². The highest BCUT2D eigenvalue weighted by Gasteiger charge is 2.51. The molecule has 0 aromatic rings. The predicted octanol–water partition coefficient (Wildman–Crippen LogP) is 6.42. The van der Waals surface area contributed by atoms with Crippen LogP contribution in [0.25, 0.3) is 0 Å². The van der Waals surface area contributed by atoms with Gasteiger partial charge < -0.3 is 35.0 Å². The normalized spacial score (nSPS) is 33.7. The number of nitrogens with one attached hydrogen (secondary N) is 2. The predicted molar refractivity (Wildman–Crippen MR) is 214 cm³/mol. The van der Waals surface area contributed by atoms with E-state index in [2.05, 4.69) is 24.5 Å². The lowest BCUT2D eigenvalue weighted by Gasteiger charge is -2.37. The zero-order chi connectivity index (χ0) is 41.1. The minimum Gasteiger partial charge on any atom is -0.393 e. The number of carbonyl (C=O) groups excluding carboxylic acids is 4.